The highest BCUT2D eigenvalue weighted by molar-refractivity contribution is 5.66. The first-order valence-electron chi connectivity index (χ1n) is 8.68. The fourth-order valence-electron chi connectivity index (χ4n) is 2.95. The Kier molecular flexibility index (Phi) is 5.25. The number of nitrogen functional groups attached to an aromatic ring is 1. The van der Waals surface area contributed by atoms with Gasteiger partial charge in [0, 0.05) is 6.42 Å². The summed E-state index contributed by atoms with van der Waals surface area (Å²) in [5.41, 5.74) is 2.03. The lowest BCUT2D eigenvalue weighted by Gasteiger charge is -2.27. The highest BCUT2D eigenvalue weighted by Crippen LogP contribution is 2.40. The van der Waals surface area contributed by atoms with Crippen molar-refractivity contribution in [3.05, 3.63) is 24.2 Å². The maximum atomic E-state index is 12.8. The highest BCUT2D eigenvalue weighted by Gasteiger charge is 2.52. The summed E-state index contributed by atoms with van der Waals surface area (Å²) in [6.45, 7) is 0.708. The molecule has 0 saturated carbocycles. The zero-order valence-corrected chi connectivity index (χ0v) is 15.9. The molecule has 0 bridgehead atoms. The van der Waals surface area contributed by atoms with Crippen molar-refractivity contribution in [3.63, 3.8) is 0 Å². The van der Waals surface area contributed by atoms with E-state index in [2.05, 4.69) is 19.6 Å². The zero-order chi connectivity index (χ0) is 22.3. The molecular formula is C17H18F3N5O5. The standard InChI is InChI=1S/C17H18F3N5O5/c1-15(2,17(18,19)20)30-14(27)28-6-11-10(26)5-16(7-21,29-11)12-4-3-9-13(22)23-8-24-25(9)12/h3-4,8,10-11,26H,5-6H2,1-2H3,(H2,22,23,24)/t10-,11+,16-/m0/s1. The number of aliphatic hydroxyl groups excluding tert-OH is 1. The van der Waals surface area contributed by atoms with Gasteiger partial charge in [0.25, 0.3) is 0 Å². The Morgan fingerprint density at radius 1 is 1.50 bits per heavy atom. The highest BCUT2D eigenvalue weighted by atomic mass is 19.4. The number of halogens is 3. The normalized spacial score (nSPS) is 24.6. The fraction of sp³-hybridized carbons (Fsp3) is 0.529. The average Bonchev–Trinajstić information content (AvgIpc) is 3.21. The number of alkyl halides is 3. The number of hydrogen-bond donors (Lipinski definition) is 2. The number of ether oxygens (including phenoxy) is 3. The van der Waals surface area contributed by atoms with E-state index in [1.54, 1.807) is 6.07 Å². The Labute approximate surface area is 167 Å². The van der Waals surface area contributed by atoms with Crippen LogP contribution in [-0.2, 0) is 19.8 Å². The minimum atomic E-state index is -4.80. The summed E-state index contributed by atoms with van der Waals surface area (Å²) in [5, 5.41) is 24.1. The van der Waals surface area contributed by atoms with Gasteiger partial charge >= 0.3 is 12.3 Å². The number of hydrogen-bond acceptors (Lipinski definition) is 9. The Hall–Kier alpha value is -3.11. The van der Waals surface area contributed by atoms with Crippen LogP contribution in [-0.4, -0.2) is 56.5 Å². The maximum Gasteiger partial charge on any atom is 0.509 e. The molecule has 30 heavy (non-hydrogen) atoms. The number of aromatic nitrogens is 3. The molecule has 3 heterocycles. The molecule has 0 spiro atoms. The van der Waals surface area contributed by atoms with Gasteiger partial charge in [-0.1, -0.05) is 0 Å². The first-order valence-corrected chi connectivity index (χ1v) is 8.68. The van der Waals surface area contributed by atoms with Crippen LogP contribution in [0.2, 0.25) is 0 Å². The van der Waals surface area contributed by atoms with Crippen molar-refractivity contribution in [2.45, 2.75) is 49.9 Å². The van der Waals surface area contributed by atoms with Crippen LogP contribution in [0.1, 0.15) is 26.0 Å². The molecule has 3 atom stereocenters. The van der Waals surface area contributed by atoms with Crippen LogP contribution in [0.3, 0.4) is 0 Å². The van der Waals surface area contributed by atoms with E-state index in [0.29, 0.717) is 19.4 Å². The molecule has 1 saturated heterocycles. The van der Waals surface area contributed by atoms with Crippen molar-refractivity contribution >= 4 is 17.5 Å². The summed E-state index contributed by atoms with van der Waals surface area (Å²) in [4.78, 5) is 15.5. The largest absolute Gasteiger partial charge is 0.509 e. The molecule has 0 aliphatic carbocycles. The van der Waals surface area contributed by atoms with Crippen molar-refractivity contribution in [2.75, 3.05) is 12.3 Å². The van der Waals surface area contributed by atoms with Gasteiger partial charge in [0.2, 0.25) is 5.60 Å². The van der Waals surface area contributed by atoms with Gasteiger partial charge in [0.1, 0.15) is 30.6 Å². The number of nitrogens with two attached hydrogens (primary N) is 1. The molecule has 3 N–H and O–H groups in total. The van der Waals surface area contributed by atoms with Crippen LogP contribution >= 0.6 is 0 Å². The minimum Gasteiger partial charge on any atom is -0.431 e. The monoisotopic (exact) mass is 429 g/mol. The number of rotatable bonds is 4. The Bertz CT molecular complexity index is 1000. The predicted molar refractivity (Wildman–Crippen MR) is 92.8 cm³/mol. The number of fused-ring (bicyclic) bond motifs is 1. The summed E-state index contributed by atoms with van der Waals surface area (Å²) in [6, 6.07) is 5.07. The molecule has 2 aromatic heterocycles. The van der Waals surface area contributed by atoms with Crippen LogP contribution in [0.4, 0.5) is 23.8 Å². The minimum absolute atomic E-state index is 0.165. The van der Waals surface area contributed by atoms with E-state index in [4.69, 9.17) is 10.5 Å². The van der Waals surface area contributed by atoms with E-state index in [1.165, 1.54) is 16.9 Å². The predicted octanol–water partition coefficient (Wildman–Crippen LogP) is 1.67. The van der Waals surface area contributed by atoms with Crippen molar-refractivity contribution in [2.24, 2.45) is 0 Å². The van der Waals surface area contributed by atoms with Crippen molar-refractivity contribution in [3.8, 4) is 6.07 Å². The molecule has 1 aliphatic rings. The second-order valence-corrected chi connectivity index (χ2v) is 7.20. The molecule has 2 aromatic rings. The molecule has 0 radical (unpaired) electrons. The second kappa shape index (κ2) is 7.29. The van der Waals surface area contributed by atoms with Crippen molar-refractivity contribution < 1.29 is 37.3 Å². The molecule has 0 unspecified atom stereocenters. The van der Waals surface area contributed by atoms with Crippen LogP contribution < -0.4 is 5.73 Å². The molecule has 0 amide bonds. The fourth-order valence-corrected chi connectivity index (χ4v) is 2.95. The average molecular weight is 429 g/mol. The second-order valence-electron chi connectivity index (χ2n) is 7.20. The van der Waals surface area contributed by atoms with Gasteiger partial charge in [-0.3, -0.25) is 0 Å². The Morgan fingerprint density at radius 2 is 2.20 bits per heavy atom. The number of nitrogens with zero attached hydrogens (tertiary/aromatic N) is 4. The molecule has 1 aliphatic heterocycles. The lowest BCUT2D eigenvalue weighted by Crippen LogP contribution is -2.44. The summed E-state index contributed by atoms with van der Waals surface area (Å²) in [5.74, 6) is 0.165. The van der Waals surface area contributed by atoms with Gasteiger partial charge in [-0.15, -0.1) is 0 Å². The van der Waals surface area contributed by atoms with E-state index in [0.717, 1.165) is 0 Å². The first-order chi connectivity index (χ1) is 13.9. The van der Waals surface area contributed by atoms with Crippen LogP contribution in [0.5, 0.6) is 0 Å². The number of anilines is 1. The summed E-state index contributed by atoms with van der Waals surface area (Å²) in [7, 11) is 0. The number of nitriles is 1. The van der Waals surface area contributed by atoms with Gasteiger partial charge in [0.15, 0.2) is 11.4 Å². The number of carbonyl (C=O) groups is 1. The van der Waals surface area contributed by atoms with Crippen LogP contribution in [0.15, 0.2) is 18.5 Å². The Morgan fingerprint density at radius 3 is 2.83 bits per heavy atom. The van der Waals surface area contributed by atoms with Gasteiger partial charge in [-0.2, -0.15) is 23.5 Å². The zero-order valence-electron chi connectivity index (χ0n) is 15.9. The van der Waals surface area contributed by atoms with E-state index in [-0.39, 0.29) is 17.9 Å². The lowest BCUT2D eigenvalue weighted by atomic mass is 9.96. The third-order valence-electron chi connectivity index (χ3n) is 4.74. The van der Waals surface area contributed by atoms with Gasteiger partial charge < -0.3 is 25.1 Å². The molecule has 3 rings (SSSR count). The SMILES string of the molecule is CC(C)(OC(=O)OC[C@H]1O[C@@](C#N)(c2ccc3c(N)ncnn23)C[C@@H]1O)C(F)(F)F. The van der Waals surface area contributed by atoms with E-state index in [1.807, 2.05) is 6.07 Å². The van der Waals surface area contributed by atoms with Crippen LogP contribution in [0, 0.1) is 11.3 Å². The van der Waals surface area contributed by atoms with Crippen molar-refractivity contribution in [1.82, 2.24) is 14.6 Å². The van der Waals surface area contributed by atoms with Gasteiger partial charge in [0.05, 0.1) is 11.8 Å². The van der Waals surface area contributed by atoms with Crippen LogP contribution in [0.25, 0.3) is 5.52 Å². The smallest absolute Gasteiger partial charge is 0.431 e. The lowest BCUT2D eigenvalue weighted by molar-refractivity contribution is -0.250. The topological polar surface area (TPSA) is 145 Å². The maximum absolute atomic E-state index is 12.8. The molecule has 13 heteroatoms. The molecule has 10 nitrogen and oxygen atoms in total. The van der Waals surface area contributed by atoms with E-state index in [9.17, 15) is 28.3 Å². The van der Waals surface area contributed by atoms with Crippen molar-refractivity contribution in [1.29, 1.82) is 5.26 Å². The van der Waals surface area contributed by atoms with E-state index < -0.39 is 42.3 Å². The summed E-state index contributed by atoms with van der Waals surface area (Å²) < 4.78 is 54.4. The third kappa shape index (κ3) is 3.71. The summed E-state index contributed by atoms with van der Waals surface area (Å²) >= 11 is 0. The molecule has 1 fully saturated rings. The third-order valence-corrected chi connectivity index (χ3v) is 4.74. The Balaban J connectivity index is 1.73. The van der Waals surface area contributed by atoms with Gasteiger partial charge in [-0.05, 0) is 26.0 Å². The summed E-state index contributed by atoms with van der Waals surface area (Å²) in [6.07, 6.45) is -7.84. The number of aliphatic hydroxyl groups is 1. The first kappa shape index (κ1) is 21.6. The molecule has 0 aromatic carbocycles. The number of carbonyl (C=O) groups excluding carboxylic acids is 1. The van der Waals surface area contributed by atoms with Gasteiger partial charge in [-0.25, -0.2) is 14.3 Å². The quantitative estimate of drug-likeness (QED) is 0.693. The van der Waals surface area contributed by atoms with E-state index >= 15 is 0 Å². The molecular weight excluding hydrogens is 411 g/mol. The molecule has 162 valence electrons.